The lowest BCUT2D eigenvalue weighted by Crippen LogP contribution is -2.33. The van der Waals surface area contributed by atoms with Crippen LogP contribution in [0.4, 0.5) is 0 Å². The van der Waals surface area contributed by atoms with Crippen LogP contribution in [-0.4, -0.2) is 16.7 Å². The predicted molar refractivity (Wildman–Crippen MR) is 225 cm³/mol. The maximum atomic E-state index is 6.23. The third-order valence-corrected chi connectivity index (χ3v) is 10.1. The summed E-state index contributed by atoms with van der Waals surface area (Å²) in [6.45, 7) is 0. The van der Waals surface area contributed by atoms with Gasteiger partial charge in [0.25, 0.3) is 0 Å². The number of furan rings is 1. The van der Waals surface area contributed by atoms with Crippen LogP contribution in [0.2, 0.25) is 0 Å². The normalized spacial score (nSPS) is 14.0. The lowest BCUT2D eigenvalue weighted by molar-refractivity contribution is 0.669. The minimum atomic E-state index is -0.312. The van der Waals surface area contributed by atoms with Crippen LogP contribution in [0.1, 0.15) is 22.9 Å². The molecule has 5 heteroatoms. The van der Waals surface area contributed by atoms with Crippen LogP contribution in [0.15, 0.2) is 209 Å². The highest BCUT2D eigenvalue weighted by molar-refractivity contribution is 6.14. The van der Waals surface area contributed by atoms with Crippen molar-refractivity contribution in [3.05, 3.63) is 211 Å². The molecule has 0 bridgehead atoms. The van der Waals surface area contributed by atoms with Crippen LogP contribution in [-0.2, 0) is 0 Å². The van der Waals surface area contributed by atoms with Crippen molar-refractivity contribution in [2.45, 2.75) is 6.17 Å². The Morgan fingerprint density at radius 3 is 1.80 bits per heavy atom. The lowest BCUT2D eigenvalue weighted by Gasteiger charge is -2.24. The number of nitrogens with one attached hydrogen (secondary N) is 1. The molecule has 1 unspecified atom stereocenters. The number of nitrogens with zero attached hydrogens (tertiary/aromatic N) is 3. The van der Waals surface area contributed by atoms with Gasteiger partial charge in [-0.3, -0.25) is 0 Å². The molecule has 0 saturated heterocycles. The van der Waals surface area contributed by atoms with Gasteiger partial charge < -0.3 is 9.73 Å². The molecule has 2 aromatic heterocycles. The zero-order chi connectivity index (χ0) is 36.6. The number of fused-ring (bicyclic) bond motifs is 3. The summed E-state index contributed by atoms with van der Waals surface area (Å²) in [5.74, 6) is 1.43. The Morgan fingerprint density at radius 1 is 0.418 bits per heavy atom. The van der Waals surface area contributed by atoms with Gasteiger partial charge >= 0.3 is 0 Å². The first-order chi connectivity index (χ1) is 27.2. The molecule has 1 aliphatic heterocycles. The molecule has 0 aliphatic carbocycles. The topological polar surface area (TPSA) is 62.8 Å². The molecule has 3 heterocycles. The Bertz CT molecular complexity index is 2820. The molecule has 9 aromatic rings. The van der Waals surface area contributed by atoms with E-state index in [-0.39, 0.29) is 6.17 Å². The highest BCUT2D eigenvalue weighted by Crippen LogP contribution is 2.39. The molecule has 1 aliphatic rings. The lowest BCUT2D eigenvalue weighted by atomic mass is 9.92. The monoisotopic (exact) mass is 706 g/mol. The Balaban J connectivity index is 1.21. The summed E-state index contributed by atoms with van der Waals surface area (Å²) in [7, 11) is 0. The Morgan fingerprint density at radius 2 is 1.04 bits per heavy atom. The number of rotatable bonds is 7. The van der Waals surface area contributed by atoms with Crippen LogP contribution in [0.3, 0.4) is 0 Å². The quantitative estimate of drug-likeness (QED) is 0.179. The molecule has 0 radical (unpaired) electrons. The zero-order valence-corrected chi connectivity index (χ0v) is 29.8. The molecule has 5 nitrogen and oxygen atoms in total. The van der Waals surface area contributed by atoms with Crippen molar-refractivity contribution >= 4 is 33.6 Å². The molecule has 55 heavy (non-hydrogen) atoms. The summed E-state index contributed by atoms with van der Waals surface area (Å²) in [5.41, 5.74) is 12.8. The van der Waals surface area contributed by atoms with Crippen LogP contribution in [0, 0.1) is 0 Å². The van der Waals surface area contributed by atoms with Crippen LogP contribution < -0.4 is 5.32 Å². The molecule has 1 atom stereocenters. The van der Waals surface area contributed by atoms with Crippen molar-refractivity contribution in [3.8, 4) is 44.8 Å². The fraction of sp³-hybridized carbons (Fsp3) is 0.0200. The first-order valence-corrected chi connectivity index (χ1v) is 18.5. The van der Waals surface area contributed by atoms with Crippen LogP contribution in [0.5, 0.6) is 0 Å². The highest BCUT2D eigenvalue weighted by Gasteiger charge is 2.23. The van der Waals surface area contributed by atoms with Crippen molar-refractivity contribution in [1.29, 1.82) is 0 Å². The molecule has 1 N–H and O–H groups in total. The van der Waals surface area contributed by atoms with Gasteiger partial charge in [-0.25, -0.2) is 15.0 Å². The number of hydrogen-bond acceptors (Lipinski definition) is 5. The van der Waals surface area contributed by atoms with Crippen molar-refractivity contribution in [1.82, 2.24) is 10.3 Å². The number of benzene rings is 7. The van der Waals surface area contributed by atoms with Crippen molar-refractivity contribution in [2.24, 2.45) is 9.98 Å². The third-order valence-electron chi connectivity index (χ3n) is 10.1. The summed E-state index contributed by atoms with van der Waals surface area (Å²) in [5, 5.41) is 5.75. The molecule has 260 valence electrons. The molecule has 0 saturated carbocycles. The minimum Gasteiger partial charge on any atom is -0.456 e. The molecule has 10 rings (SSSR count). The van der Waals surface area contributed by atoms with E-state index in [0.717, 1.165) is 89.2 Å². The highest BCUT2D eigenvalue weighted by atomic mass is 16.3. The van der Waals surface area contributed by atoms with Gasteiger partial charge in [0.1, 0.15) is 23.2 Å². The number of aliphatic imine (C=N–C) groups is 2. The molecular weight excluding hydrogens is 673 g/mol. The second kappa shape index (κ2) is 13.9. The summed E-state index contributed by atoms with van der Waals surface area (Å²) < 4.78 is 6.23. The van der Waals surface area contributed by atoms with Crippen molar-refractivity contribution < 1.29 is 4.42 Å². The molecular formula is C50H34N4O. The fourth-order valence-corrected chi connectivity index (χ4v) is 7.39. The number of hydrogen-bond donors (Lipinski definition) is 1. The largest absolute Gasteiger partial charge is 0.456 e. The summed E-state index contributed by atoms with van der Waals surface area (Å²) in [4.78, 5) is 15.8. The average Bonchev–Trinajstić information content (AvgIpc) is 3.65. The summed E-state index contributed by atoms with van der Waals surface area (Å²) >= 11 is 0. The van der Waals surface area contributed by atoms with E-state index >= 15 is 0 Å². The minimum absolute atomic E-state index is 0.312. The van der Waals surface area contributed by atoms with E-state index in [4.69, 9.17) is 19.4 Å². The molecule has 0 spiro atoms. The van der Waals surface area contributed by atoms with Gasteiger partial charge in [0, 0.05) is 33.0 Å². The van der Waals surface area contributed by atoms with E-state index in [1.165, 1.54) is 0 Å². The smallest absolute Gasteiger partial charge is 0.159 e. The van der Waals surface area contributed by atoms with E-state index in [1.54, 1.807) is 0 Å². The summed E-state index contributed by atoms with van der Waals surface area (Å²) in [6.07, 6.45) is -0.312. The number of aromatic nitrogens is 1. The van der Waals surface area contributed by atoms with Gasteiger partial charge in [-0.2, -0.15) is 0 Å². The Kier molecular flexibility index (Phi) is 8.15. The first kappa shape index (κ1) is 32.3. The average molecular weight is 707 g/mol. The third kappa shape index (κ3) is 6.28. The predicted octanol–water partition coefficient (Wildman–Crippen LogP) is 12.1. The standard InChI is InChI=1S/C50H34N4O/c1-5-15-33(16-6-1)39-31-44(34-17-7-2-8-18-34)51-45(32-39)42-30-38(25-27-40(42)37-26-28-47-43(29-37)41-23-13-14-24-46(41)55-47)50-53-48(35-19-9-3-10-20-35)52-49(54-50)36-21-11-4-12-22-36/h1-32,48H,(H,52,53,54). The fourth-order valence-electron chi connectivity index (χ4n) is 7.39. The van der Waals surface area contributed by atoms with Gasteiger partial charge in [-0.05, 0) is 64.2 Å². The Labute approximate surface area is 319 Å². The van der Waals surface area contributed by atoms with Crippen molar-refractivity contribution in [3.63, 3.8) is 0 Å². The van der Waals surface area contributed by atoms with Gasteiger partial charge in [0.2, 0.25) is 0 Å². The number of amidine groups is 2. The van der Waals surface area contributed by atoms with E-state index in [1.807, 2.05) is 60.7 Å². The van der Waals surface area contributed by atoms with E-state index in [9.17, 15) is 0 Å². The zero-order valence-electron chi connectivity index (χ0n) is 29.8. The van der Waals surface area contributed by atoms with E-state index < -0.39 is 0 Å². The van der Waals surface area contributed by atoms with E-state index in [2.05, 4.69) is 139 Å². The SMILES string of the molecule is c1ccc(C2=NC(c3ccc(-c4ccc5oc6ccccc6c5c4)c(-c4cc(-c5ccccc5)cc(-c5ccccc5)n4)c3)=NC(c3ccccc3)N2)cc1. The number of pyridine rings is 1. The van der Waals surface area contributed by atoms with E-state index in [0.29, 0.717) is 5.84 Å². The maximum Gasteiger partial charge on any atom is 0.159 e. The van der Waals surface area contributed by atoms with Gasteiger partial charge in [-0.15, -0.1) is 0 Å². The second-order valence-corrected chi connectivity index (χ2v) is 13.7. The second-order valence-electron chi connectivity index (χ2n) is 13.7. The molecule has 0 amide bonds. The first-order valence-electron chi connectivity index (χ1n) is 18.5. The van der Waals surface area contributed by atoms with Gasteiger partial charge in [0.05, 0.1) is 11.4 Å². The van der Waals surface area contributed by atoms with Gasteiger partial charge in [-0.1, -0.05) is 158 Å². The number of para-hydroxylation sites is 1. The maximum absolute atomic E-state index is 6.23. The molecule has 7 aromatic carbocycles. The Hall–Kier alpha value is -7.37. The van der Waals surface area contributed by atoms with Crippen LogP contribution in [0.25, 0.3) is 66.7 Å². The van der Waals surface area contributed by atoms with Gasteiger partial charge in [0.15, 0.2) is 5.84 Å². The molecule has 0 fully saturated rings. The summed E-state index contributed by atoms with van der Waals surface area (Å²) in [6, 6.07) is 67.0. The van der Waals surface area contributed by atoms with Crippen LogP contribution >= 0.6 is 0 Å². The van der Waals surface area contributed by atoms with Crippen molar-refractivity contribution in [2.75, 3.05) is 0 Å².